The maximum atomic E-state index is 5.94. The second-order valence-electron chi connectivity index (χ2n) is 15.0. The van der Waals surface area contributed by atoms with Crippen molar-refractivity contribution in [3.63, 3.8) is 0 Å². The number of nitrogens with zero attached hydrogens (tertiary/aromatic N) is 5. The summed E-state index contributed by atoms with van der Waals surface area (Å²) in [6.07, 6.45) is 7.83. The Balaban J connectivity index is 0.874. The Morgan fingerprint density at radius 2 is 0.850 bits per heavy atom. The second kappa shape index (κ2) is 16.1. The van der Waals surface area contributed by atoms with E-state index < -0.39 is 0 Å². The van der Waals surface area contributed by atoms with Crippen LogP contribution in [-0.4, -0.2) is 15.0 Å². The standard InChI is InChI=1S/C54H42N6/c55-45-27-15-39(16-28-45)40-17-29-48(30-18-40)58(46-9-3-1-4-10-46)49-31-19-41(20-32-49)42-21-33-50(34-22-42)59(47-11-5-2-6-12-47)51-35-23-43(24-36-51)44-25-37-52(38-26-44)60-56-53-13-7-8-14-54(53)57-60/h1-23,25-38,43H,24,55H2. The molecule has 0 spiro atoms. The molecule has 0 radical (unpaired) electrons. The van der Waals surface area contributed by atoms with E-state index >= 15 is 0 Å². The number of nitrogens with two attached hydrogens (primary N) is 1. The number of allylic oxidation sites excluding steroid dienone is 3. The van der Waals surface area contributed by atoms with Gasteiger partial charge in [0, 0.05) is 45.7 Å². The molecule has 0 amide bonds. The molecule has 1 aliphatic carbocycles. The van der Waals surface area contributed by atoms with Crippen LogP contribution in [0.2, 0.25) is 0 Å². The molecule has 1 heterocycles. The molecule has 1 aromatic heterocycles. The zero-order valence-electron chi connectivity index (χ0n) is 33.0. The van der Waals surface area contributed by atoms with Crippen LogP contribution >= 0.6 is 0 Å². The first kappa shape index (κ1) is 36.4. The Morgan fingerprint density at radius 3 is 1.32 bits per heavy atom. The van der Waals surface area contributed by atoms with E-state index in [1.165, 1.54) is 5.56 Å². The van der Waals surface area contributed by atoms with E-state index in [0.29, 0.717) is 0 Å². The van der Waals surface area contributed by atoms with Crippen LogP contribution in [0.25, 0.3) is 39.0 Å². The molecule has 0 bridgehead atoms. The summed E-state index contributed by atoms with van der Waals surface area (Å²) in [7, 11) is 0. The van der Waals surface area contributed by atoms with Gasteiger partial charge in [0.15, 0.2) is 0 Å². The highest BCUT2D eigenvalue weighted by atomic mass is 15.5. The molecule has 2 N–H and O–H groups in total. The van der Waals surface area contributed by atoms with Crippen molar-refractivity contribution < 1.29 is 0 Å². The summed E-state index contributed by atoms with van der Waals surface area (Å²) in [5.74, 6) is 0.280. The zero-order chi connectivity index (χ0) is 40.3. The molecule has 0 saturated heterocycles. The smallest absolute Gasteiger partial charge is 0.113 e. The summed E-state index contributed by atoms with van der Waals surface area (Å²) in [4.78, 5) is 6.35. The monoisotopic (exact) mass is 774 g/mol. The molecule has 9 aromatic rings. The maximum Gasteiger partial charge on any atom is 0.113 e. The van der Waals surface area contributed by atoms with Crippen molar-refractivity contribution in [2.24, 2.45) is 0 Å². The zero-order valence-corrected chi connectivity index (χ0v) is 33.0. The molecule has 10 rings (SSSR count). The first-order valence-corrected chi connectivity index (χ1v) is 20.3. The quantitative estimate of drug-likeness (QED) is 0.140. The van der Waals surface area contributed by atoms with Gasteiger partial charge in [0.05, 0.1) is 5.69 Å². The molecule has 8 aromatic carbocycles. The van der Waals surface area contributed by atoms with Crippen molar-refractivity contribution in [3.8, 4) is 27.9 Å². The summed E-state index contributed by atoms with van der Waals surface area (Å²) in [5, 5.41) is 9.30. The van der Waals surface area contributed by atoms with E-state index in [2.05, 4.69) is 208 Å². The predicted octanol–water partition coefficient (Wildman–Crippen LogP) is 13.6. The first-order valence-electron chi connectivity index (χ1n) is 20.3. The second-order valence-corrected chi connectivity index (χ2v) is 15.0. The molecular weight excluding hydrogens is 733 g/mol. The van der Waals surface area contributed by atoms with Gasteiger partial charge < -0.3 is 15.5 Å². The summed E-state index contributed by atoms with van der Waals surface area (Å²) < 4.78 is 0. The molecule has 0 aliphatic heterocycles. The summed E-state index contributed by atoms with van der Waals surface area (Å²) in [6.45, 7) is 0. The van der Waals surface area contributed by atoms with Gasteiger partial charge in [-0.15, -0.1) is 10.2 Å². The van der Waals surface area contributed by atoms with Crippen molar-refractivity contribution in [2.45, 2.75) is 12.3 Å². The predicted molar refractivity (Wildman–Crippen MR) is 248 cm³/mol. The number of nitrogen functional groups attached to an aromatic ring is 1. The van der Waals surface area contributed by atoms with Crippen molar-refractivity contribution >= 4 is 45.2 Å². The van der Waals surface area contributed by atoms with E-state index in [1.807, 2.05) is 36.4 Å². The van der Waals surface area contributed by atoms with E-state index in [9.17, 15) is 0 Å². The Bertz CT molecular complexity index is 2880. The number of hydrogen-bond acceptors (Lipinski definition) is 5. The fourth-order valence-corrected chi connectivity index (χ4v) is 7.99. The lowest BCUT2D eigenvalue weighted by Crippen LogP contribution is -2.17. The van der Waals surface area contributed by atoms with Crippen molar-refractivity contribution in [2.75, 3.05) is 15.5 Å². The molecular formula is C54H42N6. The van der Waals surface area contributed by atoms with Gasteiger partial charge in [0.25, 0.3) is 0 Å². The third kappa shape index (κ3) is 7.46. The highest BCUT2D eigenvalue weighted by Crippen LogP contribution is 2.39. The minimum Gasteiger partial charge on any atom is -0.399 e. The lowest BCUT2D eigenvalue weighted by atomic mass is 9.91. The van der Waals surface area contributed by atoms with Crippen LogP contribution in [0.1, 0.15) is 17.9 Å². The SMILES string of the molecule is Nc1ccc(-c2ccc(N(c3ccccc3)c3ccc(-c4ccc(N(C5=CCC(c6ccc(-n7nc8ccccc8n7)cc6)C=C5)c5ccccc5)cc4)cc3)cc2)cc1. The third-order valence-corrected chi connectivity index (χ3v) is 11.2. The average molecular weight is 775 g/mol. The van der Waals surface area contributed by atoms with Crippen molar-refractivity contribution in [1.29, 1.82) is 0 Å². The third-order valence-electron chi connectivity index (χ3n) is 11.2. The van der Waals surface area contributed by atoms with Crippen LogP contribution in [0, 0.1) is 0 Å². The molecule has 1 atom stereocenters. The number of aromatic nitrogens is 3. The highest BCUT2D eigenvalue weighted by Gasteiger charge is 2.19. The number of benzene rings is 8. The summed E-state index contributed by atoms with van der Waals surface area (Å²) >= 11 is 0. The summed E-state index contributed by atoms with van der Waals surface area (Å²) in [5.41, 5.74) is 22.0. The molecule has 1 unspecified atom stereocenters. The van der Waals surface area contributed by atoms with Crippen LogP contribution in [0.3, 0.4) is 0 Å². The normalized spacial score (nSPS) is 13.5. The van der Waals surface area contributed by atoms with E-state index in [-0.39, 0.29) is 5.92 Å². The first-order chi connectivity index (χ1) is 29.6. The maximum absolute atomic E-state index is 5.94. The molecule has 60 heavy (non-hydrogen) atoms. The van der Waals surface area contributed by atoms with Gasteiger partial charge in [-0.2, -0.15) is 4.80 Å². The van der Waals surface area contributed by atoms with Gasteiger partial charge >= 0.3 is 0 Å². The van der Waals surface area contributed by atoms with Gasteiger partial charge in [-0.25, -0.2) is 0 Å². The minimum atomic E-state index is 0.280. The largest absolute Gasteiger partial charge is 0.399 e. The van der Waals surface area contributed by atoms with Crippen molar-refractivity contribution in [1.82, 2.24) is 15.0 Å². The topological polar surface area (TPSA) is 63.2 Å². The number of fused-ring (bicyclic) bond motifs is 1. The van der Waals surface area contributed by atoms with Gasteiger partial charge in [-0.1, -0.05) is 121 Å². The average Bonchev–Trinajstić information content (AvgIpc) is 3.76. The van der Waals surface area contributed by atoms with Gasteiger partial charge in [0.2, 0.25) is 0 Å². The summed E-state index contributed by atoms with van der Waals surface area (Å²) in [6, 6.07) is 72.1. The molecule has 0 saturated carbocycles. The Kier molecular flexibility index (Phi) is 9.78. The molecule has 6 heteroatoms. The van der Waals surface area contributed by atoms with Gasteiger partial charge in [0.1, 0.15) is 11.0 Å². The Hall–Kier alpha value is -7.96. The lowest BCUT2D eigenvalue weighted by Gasteiger charge is -2.29. The number of para-hydroxylation sites is 2. The van der Waals surface area contributed by atoms with Crippen LogP contribution < -0.4 is 15.5 Å². The highest BCUT2D eigenvalue weighted by molar-refractivity contribution is 5.81. The van der Waals surface area contributed by atoms with E-state index in [0.717, 1.165) is 85.2 Å². The van der Waals surface area contributed by atoms with Crippen LogP contribution in [-0.2, 0) is 0 Å². The number of hydrogen-bond donors (Lipinski definition) is 1. The van der Waals surface area contributed by atoms with Crippen molar-refractivity contribution in [3.05, 3.63) is 236 Å². The molecule has 1 aliphatic rings. The lowest BCUT2D eigenvalue weighted by molar-refractivity contribution is 0.763. The molecule has 288 valence electrons. The van der Waals surface area contributed by atoms with Crippen LogP contribution in [0.5, 0.6) is 0 Å². The molecule has 6 nitrogen and oxygen atoms in total. The van der Waals surface area contributed by atoms with Crippen LogP contribution in [0.15, 0.2) is 230 Å². The number of anilines is 6. The fraction of sp³-hybridized carbons (Fsp3) is 0.0370. The van der Waals surface area contributed by atoms with Crippen LogP contribution in [0.4, 0.5) is 34.1 Å². The van der Waals surface area contributed by atoms with E-state index in [1.54, 1.807) is 4.80 Å². The van der Waals surface area contributed by atoms with Gasteiger partial charge in [-0.3, -0.25) is 0 Å². The van der Waals surface area contributed by atoms with Gasteiger partial charge in [-0.05, 0) is 137 Å². The number of rotatable bonds is 10. The Labute approximate surface area is 350 Å². The van der Waals surface area contributed by atoms with E-state index in [4.69, 9.17) is 5.73 Å². The Morgan fingerprint density at radius 1 is 0.433 bits per heavy atom. The fourth-order valence-electron chi connectivity index (χ4n) is 7.99. The molecule has 0 fully saturated rings. The minimum absolute atomic E-state index is 0.280.